The molecule has 1 saturated heterocycles. The predicted molar refractivity (Wildman–Crippen MR) is 94.1 cm³/mol. The van der Waals surface area contributed by atoms with Crippen molar-refractivity contribution in [3.63, 3.8) is 0 Å². The first-order valence-electron chi connectivity index (χ1n) is 7.49. The van der Waals surface area contributed by atoms with Gasteiger partial charge in [-0.15, -0.1) is 0 Å². The number of amides is 4. The molecule has 0 aromatic heterocycles. The first-order chi connectivity index (χ1) is 13.2. The van der Waals surface area contributed by atoms with Gasteiger partial charge in [0, 0.05) is 5.56 Å². The van der Waals surface area contributed by atoms with Crippen LogP contribution >= 0.6 is 0 Å². The van der Waals surface area contributed by atoms with E-state index in [9.17, 15) is 19.2 Å². The smallest absolute Gasteiger partial charge is 0.329 e. The number of nitrogens with two attached hydrogens (primary N) is 2. The van der Waals surface area contributed by atoms with Crippen molar-refractivity contribution in [2.75, 3.05) is 7.11 Å². The standard InChI is InChI=1S/C15H15N7O6/c1-27-7-4-2-3-6(5-7)10-8(19-21-14(25)11(16)23)9(13(18)28-10)20-22-15(26)12(17)24/h2-5,10,18H,1H3,(H2,16,23)(H2,17,24)(H,21,25)(H,22,26)/b18-13?,19-8+,20-9+/t10-/m1/s1. The SMILES string of the molecule is COc1cccc([C@H]2OC(=N)C(=N/NC(=O)C(N)=O)/C2=N\NC(=O)C(N)=O)c1. The van der Waals surface area contributed by atoms with E-state index in [-0.39, 0.29) is 11.4 Å². The van der Waals surface area contributed by atoms with Crippen LogP contribution in [-0.4, -0.2) is 48.1 Å². The lowest BCUT2D eigenvalue weighted by Crippen LogP contribution is -2.36. The van der Waals surface area contributed by atoms with Gasteiger partial charge in [-0.3, -0.25) is 24.6 Å². The van der Waals surface area contributed by atoms with Crippen molar-refractivity contribution < 1.29 is 28.7 Å². The highest BCUT2D eigenvalue weighted by Gasteiger charge is 2.38. The fraction of sp³-hybridized carbons (Fsp3) is 0.133. The third kappa shape index (κ3) is 4.46. The number of nitrogens with one attached hydrogen (secondary N) is 3. The van der Waals surface area contributed by atoms with Gasteiger partial charge in [-0.25, -0.2) is 10.9 Å². The summed E-state index contributed by atoms with van der Waals surface area (Å²) in [6, 6.07) is 6.51. The number of primary amides is 2. The number of methoxy groups -OCH3 is 1. The molecule has 2 rings (SSSR count). The number of nitrogens with zero attached hydrogens (tertiary/aromatic N) is 2. The molecular formula is C15H15N7O6. The number of rotatable bonds is 4. The predicted octanol–water partition coefficient (Wildman–Crippen LogP) is -2.34. The van der Waals surface area contributed by atoms with Gasteiger partial charge in [0.1, 0.15) is 11.5 Å². The van der Waals surface area contributed by atoms with E-state index < -0.39 is 35.6 Å². The van der Waals surface area contributed by atoms with E-state index in [1.807, 2.05) is 10.9 Å². The molecule has 1 fully saturated rings. The van der Waals surface area contributed by atoms with Gasteiger partial charge in [0.25, 0.3) is 0 Å². The number of hydrogen-bond acceptors (Lipinski definition) is 9. The van der Waals surface area contributed by atoms with Crippen LogP contribution < -0.4 is 27.1 Å². The van der Waals surface area contributed by atoms with E-state index in [0.29, 0.717) is 11.3 Å². The second-order valence-corrected chi connectivity index (χ2v) is 5.17. The molecule has 1 aliphatic heterocycles. The lowest BCUT2D eigenvalue weighted by molar-refractivity contribution is -0.137. The first kappa shape index (κ1) is 20.0. The van der Waals surface area contributed by atoms with Crippen LogP contribution in [0, 0.1) is 5.41 Å². The van der Waals surface area contributed by atoms with Gasteiger partial charge >= 0.3 is 23.6 Å². The largest absolute Gasteiger partial charge is 0.497 e. The van der Waals surface area contributed by atoms with E-state index in [2.05, 4.69) is 10.2 Å². The molecular weight excluding hydrogens is 374 g/mol. The number of hydrazone groups is 2. The summed E-state index contributed by atoms with van der Waals surface area (Å²) in [5.74, 6) is -5.12. The van der Waals surface area contributed by atoms with Gasteiger partial charge in [-0.1, -0.05) is 12.1 Å². The number of hydrogen-bond donors (Lipinski definition) is 5. The van der Waals surface area contributed by atoms with Crippen molar-refractivity contribution in [3.05, 3.63) is 29.8 Å². The van der Waals surface area contributed by atoms with E-state index in [1.165, 1.54) is 7.11 Å². The van der Waals surface area contributed by atoms with Crippen LogP contribution in [0.5, 0.6) is 5.75 Å². The minimum Gasteiger partial charge on any atom is -0.497 e. The summed E-state index contributed by atoms with van der Waals surface area (Å²) in [6.07, 6.45) is -1.04. The fourth-order valence-electron chi connectivity index (χ4n) is 2.05. The Balaban J connectivity index is 2.44. The molecule has 0 aliphatic carbocycles. The van der Waals surface area contributed by atoms with Crippen LogP contribution in [0.15, 0.2) is 34.5 Å². The zero-order valence-electron chi connectivity index (χ0n) is 14.4. The Labute approximate surface area is 157 Å². The molecule has 1 aromatic rings. The Bertz CT molecular complexity index is 923. The molecule has 28 heavy (non-hydrogen) atoms. The van der Waals surface area contributed by atoms with Gasteiger partial charge in [0.05, 0.1) is 7.11 Å². The Morgan fingerprint density at radius 3 is 2.29 bits per heavy atom. The van der Waals surface area contributed by atoms with Crippen LogP contribution in [0.3, 0.4) is 0 Å². The summed E-state index contributed by atoms with van der Waals surface area (Å²) in [4.78, 5) is 44.4. The quantitative estimate of drug-likeness (QED) is 0.281. The van der Waals surface area contributed by atoms with Crippen molar-refractivity contribution in [1.82, 2.24) is 10.9 Å². The van der Waals surface area contributed by atoms with E-state index in [1.54, 1.807) is 24.3 Å². The molecule has 0 unspecified atom stereocenters. The molecule has 1 aliphatic rings. The minimum absolute atomic E-state index is 0.141. The Hall–Kier alpha value is -4.29. The molecule has 0 radical (unpaired) electrons. The molecule has 1 aromatic carbocycles. The summed E-state index contributed by atoms with van der Waals surface area (Å²) in [5, 5.41) is 15.2. The van der Waals surface area contributed by atoms with E-state index in [4.69, 9.17) is 26.4 Å². The van der Waals surface area contributed by atoms with Crippen molar-refractivity contribution >= 4 is 40.9 Å². The first-order valence-corrected chi connectivity index (χ1v) is 7.49. The van der Waals surface area contributed by atoms with Crippen LogP contribution in [0.25, 0.3) is 0 Å². The van der Waals surface area contributed by atoms with Crippen molar-refractivity contribution in [2.45, 2.75) is 6.10 Å². The average Bonchev–Trinajstić information content (AvgIpc) is 2.99. The van der Waals surface area contributed by atoms with Crippen LogP contribution in [0.4, 0.5) is 0 Å². The van der Waals surface area contributed by atoms with Crippen molar-refractivity contribution in [2.24, 2.45) is 21.7 Å². The molecule has 0 spiro atoms. The molecule has 0 saturated carbocycles. The van der Waals surface area contributed by atoms with E-state index >= 15 is 0 Å². The number of carbonyl (C=O) groups excluding carboxylic acids is 4. The van der Waals surface area contributed by atoms with Gasteiger partial charge < -0.3 is 20.9 Å². The Morgan fingerprint density at radius 1 is 1.11 bits per heavy atom. The monoisotopic (exact) mass is 389 g/mol. The third-order valence-electron chi connectivity index (χ3n) is 3.33. The van der Waals surface area contributed by atoms with Crippen LogP contribution in [-0.2, 0) is 23.9 Å². The maximum atomic E-state index is 11.4. The Morgan fingerprint density at radius 2 is 1.71 bits per heavy atom. The highest BCUT2D eigenvalue weighted by Crippen LogP contribution is 2.28. The molecule has 1 heterocycles. The molecule has 13 nitrogen and oxygen atoms in total. The molecule has 146 valence electrons. The molecule has 13 heteroatoms. The third-order valence-corrected chi connectivity index (χ3v) is 3.33. The highest BCUT2D eigenvalue weighted by atomic mass is 16.5. The second kappa shape index (κ2) is 8.39. The number of carbonyl (C=O) groups is 4. The summed E-state index contributed by atoms with van der Waals surface area (Å²) in [7, 11) is 1.45. The fourth-order valence-corrected chi connectivity index (χ4v) is 2.05. The summed E-state index contributed by atoms with van der Waals surface area (Å²) >= 11 is 0. The van der Waals surface area contributed by atoms with Gasteiger partial charge in [0.15, 0.2) is 11.8 Å². The molecule has 4 amide bonds. The van der Waals surface area contributed by atoms with Crippen LogP contribution in [0.2, 0.25) is 0 Å². The average molecular weight is 389 g/mol. The Kier molecular flexibility index (Phi) is 6.00. The topological polar surface area (TPSA) is 211 Å². The normalized spacial score (nSPS) is 18.5. The maximum Gasteiger partial charge on any atom is 0.329 e. The van der Waals surface area contributed by atoms with Crippen LogP contribution in [0.1, 0.15) is 11.7 Å². The number of ether oxygens (including phenoxy) is 2. The summed E-state index contributed by atoms with van der Waals surface area (Å²) in [5.41, 5.74) is 13.4. The number of benzene rings is 1. The summed E-state index contributed by atoms with van der Waals surface area (Å²) < 4.78 is 10.5. The maximum absolute atomic E-state index is 11.4. The molecule has 0 bridgehead atoms. The zero-order chi connectivity index (χ0) is 20.8. The summed E-state index contributed by atoms with van der Waals surface area (Å²) in [6.45, 7) is 0. The van der Waals surface area contributed by atoms with Crippen molar-refractivity contribution in [1.29, 1.82) is 5.41 Å². The van der Waals surface area contributed by atoms with Gasteiger partial charge in [-0.2, -0.15) is 10.2 Å². The van der Waals surface area contributed by atoms with Gasteiger partial charge in [0.2, 0.25) is 5.90 Å². The minimum atomic E-state index is -1.31. The lowest BCUT2D eigenvalue weighted by Gasteiger charge is -2.11. The zero-order valence-corrected chi connectivity index (χ0v) is 14.4. The van der Waals surface area contributed by atoms with E-state index in [0.717, 1.165) is 0 Å². The van der Waals surface area contributed by atoms with Crippen molar-refractivity contribution in [3.8, 4) is 5.75 Å². The lowest BCUT2D eigenvalue weighted by atomic mass is 10.0. The molecule has 7 N–H and O–H groups in total. The second-order valence-electron chi connectivity index (χ2n) is 5.17. The van der Waals surface area contributed by atoms with Gasteiger partial charge in [-0.05, 0) is 12.1 Å². The molecule has 1 atom stereocenters. The highest BCUT2D eigenvalue weighted by molar-refractivity contribution is 6.69.